The second kappa shape index (κ2) is 10.9. The van der Waals surface area contributed by atoms with Crippen LogP contribution in [0, 0.1) is 17.8 Å². The molecule has 2 amide bonds. The lowest BCUT2D eigenvalue weighted by molar-refractivity contribution is -0.160. The average Bonchev–Trinajstić information content (AvgIpc) is 3.67. The Morgan fingerprint density at radius 3 is 2.74 bits per heavy atom. The number of aromatic nitrogens is 4. The van der Waals surface area contributed by atoms with Gasteiger partial charge in [-0.1, -0.05) is 13.8 Å². The molecule has 39 heavy (non-hydrogen) atoms. The fraction of sp³-hybridized carbons (Fsp3) is 0.708. The van der Waals surface area contributed by atoms with Crippen LogP contribution in [0.25, 0.3) is 0 Å². The first-order valence-electron chi connectivity index (χ1n) is 13.1. The molecule has 1 unspecified atom stereocenters. The number of fused-ring (bicyclic) bond motifs is 1. The van der Waals surface area contributed by atoms with Crippen molar-refractivity contribution in [2.45, 2.75) is 62.7 Å². The van der Waals surface area contributed by atoms with E-state index in [2.05, 4.69) is 20.8 Å². The van der Waals surface area contributed by atoms with E-state index in [0.717, 1.165) is 0 Å². The van der Waals surface area contributed by atoms with Crippen LogP contribution in [-0.4, -0.2) is 115 Å². The number of rotatable bonds is 10. The first-order chi connectivity index (χ1) is 18.6. The SMILES string of the molecule is CO[C@H]1CN(C(=O)C2C[C@H](SC3=C(C(=O)O)N4C(=O)[C@H]([C@@H](C)CC(=O)Cn5cnnn5)[C@H]4[C@H]3C)CN2)C[C@H]1N. The second-order valence-electron chi connectivity index (χ2n) is 10.9. The summed E-state index contributed by atoms with van der Waals surface area (Å²) in [6.45, 7) is 5.25. The molecule has 3 saturated heterocycles. The Morgan fingerprint density at radius 1 is 1.33 bits per heavy atom. The molecule has 4 aliphatic rings. The van der Waals surface area contributed by atoms with Gasteiger partial charge in [-0.25, -0.2) is 9.48 Å². The molecule has 0 radical (unpaired) electrons. The Kier molecular flexibility index (Phi) is 7.77. The van der Waals surface area contributed by atoms with Crippen LogP contribution < -0.4 is 11.1 Å². The smallest absolute Gasteiger partial charge is 0.353 e. The molecular weight excluding hydrogens is 528 g/mol. The molecule has 0 aliphatic carbocycles. The van der Waals surface area contributed by atoms with Gasteiger partial charge >= 0.3 is 5.97 Å². The highest BCUT2D eigenvalue weighted by Crippen LogP contribution is 2.53. The first-order valence-corrected chi connectivity index (χ1v) is 14.0. The first kappa shape index (κ1) is 27.7. The van der Waals surface area contributed by atoms with E-state index in [4.69, 9.17) is 10.5 Å². The number of thioether (sulfide) groups is 1. The summed E-state index contributed by atoms with van der Waals surface area (Å²) >= 11 is 1.44. The Labute approximate surface area is 229 Å². The minimum atomic E-state index is -1.14. The molecule has 15 heteroatoms. The summed E-state index contributed by atoms with van der Waals surface area (Å²) < 4.78 is 6.70. The quantitative estimate of drug-likeness (QED) is 0.286. The van der Waals surface area contributed by atoms with Crippen LogP contribution in [0.2, 0.25) is 0 Å². The Hall–Kier alpha value is -2.88. The predicted octanol–water partition coefficient (Wildman–Crippen LogP) is -1.31. The highest BCUT2D eigenvalue weighted by atomic mass is 32.2. The fourth-order valence-corrected chi connectivity index (χ4v) is 7.84. The third-order valence-electron chi connectivity index (χ3n) is 8.29. The van der Waals surface area contributed by atoms with Gasteiger partial charge in [-0.2, -0.15) is 0 Å². The normalized spacial score (nSPS) is 32.9. The number of likely N-dealkylation sites (tertiary alicyclic amines) is 1. The molecule has 1 aromatic rings. The van der Waals surface area contributed by atoms with Gasteiger partial charge in [-0.15, -0.1) is 16.9 Å². The van der Waals surface area contributed by atoms with Crippen LogP contribution in [0.4, 0.5) is 0 Å². The number of methoxy groups -OCH3 is 1. The fourth-order valence-electron chi connectivity index (χ4n) is 6.36. The van der Waals surface area contributed by atoms with E-state index in [1.54, 1.807) is 12.0 Å². The number of nitrogens with one attached hydrogen (secondary N) is 1. The molecule has 3 fully saturated rings. The summed E-state index contributed by atoms with van der Waals surface area (Å²) in [6.07, 6.45) is 1.88. The van der Waals surface area contributed by atoms with Gasteiger partial charge in [-0.3, -0.25) is 14.4 Å². The Bertz CT molecular complexity index is 1180. The number of Topliss-reactive ketones (excluding diaryl/α,β-unsaturated/α-hetero) is 1. The van der Waals surface area contributed by atoms with Gasteiger partial charge in [0.25, 0.3) is 0 Å². The Balaban J connectivity index is 1.22. The monoisotopic (exact) mass is 562 g/mol. The third-order valence-corrected chi connectivity index (χ3v) is 9.80. The van der Waals surface area contributed by atoms with Crippen molar-refractivity contribution in [2.24, 2.45) is 23.5 Å². The van der Waals surface area contributed by atoms with E-state index in [0.29, 0.717) is 31.0 Å². The maximum absolute atomic E-state index is 13.2. The maximum atomic E-state index is 13.2. The van der Waals surface area contributed by atoms with Crippen LogP contribution in [-0.2, 0) is 30.5 Å². The van der Waals surface area contributed by atoms with Crippen molar-refractivity contribution in [3.05, 3.63) is 16.9 Å². The largest absolute Gasteiger partial charge is 0.477 e. The number of hydrogen-bond donors (Lipinski definition) is 3. The van der Waals surface area contributed by atoms with E-state index < -0.39 is 11.9 Å². The molecule has 4 aliphatic heterocycles. The van der Waals surface area contributed by atoms with Crippen LogP contribution in [0.3, 0.4) is 0 Å². The van der Waals surface area contributed by atoms with E-state index in [1.807, 2.05) is 13.8 Å². The number of ketones is 1. The zero-order valence-corrected chi connectivity index (χ0v) is 22.9. The number of aliphatic carboxylic acids is 1. The number of carbonyl (C=O) groups excluding carboxylic acids is 3. The lowest BCUT2D eigenvalue weighted by atomic mass is 9.73. The zero-order valence-electron chi connectivity index (χ0n) is 22.1. The van der Waals surface area contributed by atoms with Crippen molar-refractivity contribution in [1.82, 2.24) is 35.3 Å². The minimum Gasteiger partial charge on any atom is -0.477 e. The van der Waals surface area contributed by atoms with E-state index in [9.17, 15) is 24.3 Å². The molecular formula is C24H34N8O6S. The molecule has 0 saturated carbocycles. The summed E-state index contributed by atoms with van der Waals surface area (Å²) in [5.41, 5.74) is 6.10. The lowest BCUT2D eigenvalue weighted by Crippen LogP contribution is -2.62. The molecule has 0 bridgehead atoms. The number of amides is 2. The van der Waals surface area contributed by atoms with Crippen LogP contribution in [0.15, 0.2) is 16.9 Å². The van der Waals surface area contributed by atoms with E-state index in [1.165, 1.54) is 27.7 Å². The van der Waals surface area contributed by atoms with Crippen molar-refractivity contribution in [2.75, 3.05) is 26.7 Å². The van der Waals surface area contributed by atoms with Crippen molar-refractivity contribution in [1.29, 1.82) is 0 Å². The minimum absolute atomic E-state index is 0.0198. The van der Waals surface area contributed by atoms with E-state index in [-0.39, 0.29) is 77.6 Å². The molecule has 0 aromatic carbocycles. The van der Waals surface area contributed by atoms with Crippen LogP contribution >= 0.6 is 11.8 Å². The number of β-lactam (4-membered cyclic amide) rings is 1. The summed E-state index contributed by atoms with van der Waals surface area (Å²) in [6, 6.07) is -0.917. The van der Waals surface area contributed by atoms with Crippen molar-refractivity contribution in [3.63, 3.8) is 0 Å². The standard InChI is InChI=1S/C24H34N8O6S/c1-11(4-13(33)7-31-10-27-28-29-31)18-19-12(2)21(20(24(36)37)32(19)23(18)35)39-14-5-16(26-6-14)22(34)30-8-15(25)17(9-30)38-3/h10-12,14-19,26H,4-9,25H2,1-3H3,(H,36,37)/t11-,12+,14-,15+,16?,17-,18+,19+/m0/s1. The van der Waals surface area contributed by atoms with Crippen LogP contribution in [0.1, 0.15) is 26.7 Å². The molecule has 5 heterocycles. The number of ether oxygens (including phenoxy) is 1. The number of tetrazole rings is 1. The average molecular weight is 563 g/mol. The lowest BCUT2D eigenvalue weighted by Gasteiger charge is -2.47. The maximum Gasteiger partial charge on any atom is 0.353 e. The van der Waals surface area contributed by atoms with Crippen LogP contribution in [0.5, 0.6) is 0 Å². The summed E-state index contributed by atoms with van der Waals surface area (Å²) in [5.74, 6) is -2.45. The zero-order chi connectivity index (χ0) is 28.0. The van der Waals surface area contributed by atoms with Gasteiger partial charge in [0.15, 0.2) is 5.78 Å². The van der Waals surface area contributed by atoms with Crippen molar-refractivity contribution in [3.8, 4) is 0 Å². The topological polar surface area (TPSA) is 186 Å². The van der Waals surface area contributed by atoms with Gasteiger partial charge in [0.2, 0.25) is 11.8 Å². The number of hydrogen-bond acceptors (Lipinski definition) is 11. The van der Waals surface area contributed by atoms with E-state index >= 15 is 0 Å². The van der Waals surface area contributed by atoms with Gasteiger partial charge in [0, 0.05) is 49.2 Å². The van der Waals surface area contributed by atoms with Gasteiger partial charge < -0.3 is 30.7 Å². The highest BCUT2D eigenvalue weighted by molar-refractivity contribution is 8.03. The Morgan fingerprint density at radius 2 is 2.10 bits per heavy atom. The second-order valence-corrected chi connectivity index (χ2v) is 12.2. The third kappa shape index (κ3) is 5.08. The number of carboxylic acids is 1. The molecule has 0 spiro atoms. The van der Waals surface area contributed by atoms with Gasteiger partial charge in [-0.05, 0) is 22.8 Å². The highest BCUT2D eigenvalue weighted by Gasteiger charge is 2.60. The predicted molar refractivity (Wildman–Crippen MR) is 138 cm³/mol. The number of nitrogens with two attached hydrogens (primary N) is 1. The van der Waals surface area contributed by atoms with Crippen molar-refractivity contribution < 1.29 is 29.0 Å². The summed E-state index contributed by atoms with van der Waals surface area (Å²) in [5, 5.41) is 24.0. The molecule has 8 atom stereocenters. The molecule has 14 nitrogen and oxygen atoms in total. The van der Waals surface area contributed by atoms with Gasteiger partial charge in [0.1, 0.15) is 18.6 Å². The summed E-state index contributed by atoms with van der Waals surface area (Å²) in [7, 11) is 1.59. The molecule has 1 aromatic heterocycles. The number of nitrogens with zero attached hydrogens (tertiary/aromatic N) is 6. The van der Waals surface area contributed by atoms with Crippen molar-refractivity contribution >= 4 is 35.3 Å². The van der Waals surface area contributed by atoms with Gasteiger partial charge in [0.05, 0.1) is 30.1 Å². The molecule has 4 N–H and O–H groups in total. The number of carboxylic acid groups (broad SMARTS) is 1. The molecule has 212 valence electrons. The summed E-state index contributed by atoms with van der Waals surface area (Å²) in [4.78, 5) is 54.9. The molecule has 5 rings (SSSR count). The number of carbonyl (C=O) groups is 4.